The predicted molar refractivity (Wildman–Crippen MR) is 140 cm³/mol. The first-order chi connectivity index (χ1) is 16.5. The number of hydrogen-bond acceptors (Lipinski definition) is 1. The molecule has 0 aliphatic rings. The third-order valence-electron chi connectivity index (χ3n) is 5.86. The van der Waals surface area contributed by atoms with E-state index in [4.69, 9.17) is 23.2 Å². The summed E-state index contributed by atoms with van der Waals surface area (Å²) in [5.41, 5.74) is 8.20. The Balaban J connectivity index is 0.000000343. The Labute approximate surface area is 223 Å². The third kappa shape index (κ3) is 5.81. The van der Waals surface area contributed by atoms with E-state index in [1.54, 1.807) is 18.3 Å². The van der Waals surface area contributed by atoms with Gasteiger partial charge in [-0.05, 0) is 12.1 Å². The molecule has 2 aromatic heterocycles. The molecule has 182 valence electrons. The van der Waals surface area contributed by atoms with Crippen LogP contribution in [0, 0.1) is 3.89 Å². The Morgan fingerprint density at radius 2 is 1.09 bits per heavy atom. The topological polar surface area (TPSA) is 22.8 Å². The Kier molecular flexibility index (Phi) is 9.92. The Morgan fingerprint density at radius 1 is 0.676 bits per heavy atom. The van der Waals surface area contributed by atoms with Crippen LogP contribution in [0.1, 0.15) is 49.9 Å². The van der Waals surface area contributed by atoms with Crippen molar-refractivity contribution in [3.05, 3.63) is 103 Å². The average Bonchev–Trinajstić information content (AvgIpc) is 3.25. The maximum Gasteiger partial charge on any atom is 0.147 e. The van der Waals surface area contributed by atoms with Crippen LogP contribution in [0.15, 0.2) is 67.1 Å². The number of para-hydroxylation sites is 2. The van der Waals surface area contributed by atoms with Crippen molar-refractivity contribution in [2.24, 2.45) is 0 Å². The van der Waals surface area contributed by atoms with Gasteiger partial charge in [-0.2, -0.15) is 0 Å². The van der Waals surface area contributed by atoms with E-state index in [9.17, 15) is 0 Å². The monoisotopic (exact) mass is 585 g/mol. The van der Waals surface area contributed by atoms with Gasteiger partial charge in [0.05, 0.1) is 5.02 Å². The van der Waals surface area contributed by atoms with Gasteiger partial charge in [-0.25, -0.2) is 4.98 Å². The van der Waals surface area contributed by atoms with E-state index < -0.39 is 0 Å². The molecule has 3 nitrogen and oxygen atoms in total. The molecule has 0 aliphatic heterocycles. The van der Waals surface area contributed by atoms with Gasteiger partial charge in [0, 0.05) is 6.20 Å². The molecule has 0 spiro atoms. The van der Waals surface area contributed by atoms with Gasteiger partial charge in [-0.3, -0.25) is 0 Å². The number of hydrogen-bond donors (Lipinski definition) is 0. The number of aromatic nitrogens is 3. The maximum absolute atomic E-state index is 5.51. The molecule has 2 heterocycles. The number of pyridine rings is 1. The van der Waals surface area contributed by atoms with Crippen LogP contribution in [0.4, 0.5) is 0 Å². The average molecular weight is 587 g/mol. The van der Waals surface area contributed by atoms with Crippen molar-refractivity contribution in [2.75, 3.05) is 0 Å². The molecule has 0 amide bonds. The molecule has 2 aromatic carbocycles. The van der Waals surface area contributed by atoms with Crippen molar-refractivity contribution in [2.45, 2.75) is 53.4 Å². The standard InChI is InChI=1S/C23H28N2.C5H3Cl2N.Pd/c1-5-18-11-9-12-19(6-2)22(18)24-15-16-25(17-24)23-20(7-3)13-10-14-21(23)8-4;6-4-2-1-3-8-5(4)7;/h9-16H,5-8H2,1-4H3;1-3H;. The zero-order chi connectivity index (χ0) is 24.7. The fourth-order valence-electron chi connectivity index (χ4n) is 4.10. The number of imidazole rings is 1. The summed E-state index contributed by atoms with van der Waals surface area (Å²) in [5, 5.41) is 0.850. The first kappa shape index (κ1) is 26.6. The molecule has 0 unspecified atom stereocenters. The molecule has 0 radical (unpaired) electrons. The molecule has 0 aliphatic carbocycles. The van der Waals surface area contributed by atoms with Gasteiger partial charge in [0.2, 0.25) is 0 Å². The van der Waals surface area contributed by atoms with Gasteiger partial charge in [0.15, 0.2) is 0 Å². The second-order valence-electron chi connectivity index (χ2n) is 7.82. The number of halogens is 2. The first-order valence-corrected chi connectivity index (χ1v) is 13.2. The summed E-state index contributed by atoms with van der Waals surface area (Å²) in [6, 6.07) is 16.7. The van der Waals surface area contributed by atoms with E-state index in [-0.39, 0.29) is 0 Å². The Morgan fingerprint density at radius 3 is 1.38 bits per heavy atom. The van der Waals surface area contributed by atoms with Gasteiger partial charge in [0.1, 0.15) is 5.15 Å². The van der Waals surface area contributed by atoms with Crippen molar-refractivity contribution in [1.82, 2.24) is 14.1 Å². The molecular weight excluding hydrogens is 556 g/mol. The normalized spacial score (nSPS) is 10.7. The molecule has 0 N–H and O–H groups in total. The van der Waals surface area contributed by atoms with E-state index in [2.05, 4.69) is 109 Å². The zero-order valence-corrected chi connectivity index (χ0v) is 23.2. The fourth-order valence-corrected chi connectivity index (χ4v) is 4.92. The van der Waals surface area contributed by atoms with E-state index in [1.165, 1.54) is 33.6 Å². The van der Waals surface area contributed by atoms with Crippen molar-refractivity contribution in [3.8, 4) is 11.4 Å². The number of nitrogens with zero attached hydrogens (tertiary/aromatic N) is 3. The summed E-state index contributed by atoms with van der Waals surface area (Å²) < 4.78 is 5.73. The Bertz CT molecular complexity index is 1170. The molecule has 0 saturated heterocycles. The molecule has 6 heteroatoms. The van der Waals surface area contributed by atoms with Crippen LogP contribution in [-0.4, -0.2) is 14.1 Å². The minimum Gasteiger partial charge on any atom is -0.243 e. The molecule has 0 saturated carbocycles. The van der Waals surface area contributed by atoms with Crippen LogP contribution in [0.2, 0.25) is 10.2 Å². The Hall–Kier alpha value is -1.96. The molecule has 4 aromatic rings. The van der Waals surface area contributed by atoms with Crippen molar-refractivity contribution in [1.29, 1.82) is 0 Å². The predicted octanol–water partition coefficient (Wildman–Crippen LogP) is 7.98. The van der Waals surface area contributed by atoms with E-state index in [0.717, 1.165) is 29.6 Å². The van der Waals surface area contributed by atoms with Gasteiger partial charge in [-0.1, -0.05) is 23.2 Å². The number of benzene rings is 2. The summed E-state index contributed by atoms with van der Waals surface area (Å²) >= 11 is 14.5. The van der Waals surface area contributed by atoms with Gasteiger partial charge >= 0.3 is 168 Å². The number of aryl methyl sites for hydroxylation is 4. The quantitative estimate of drug-likeness (QED) is 0.166. The minimum absolute atomic E-state index is 0.356. The second-order valence-corrected chi connectivity index (χ2v) is 9.28. The minimum atomic E-state index is 0.356. The summed E-state index contributed by atoms with van der Waals surface area (Å²) in [4.78, 5) is 3.71. The fraction of sp³-hybridized carbons (Fsp3) is 0.286. The van der Waals surface area contributed by atoms with Crippen molar-refractivity contribution in [3.63, 3.8) is 0 Å². The molecule has 4 rings (SSSR count). The summed E-state index contributed by atoms with van der Waals surface area (Å²) in [6.07, 6.45) is 10.1. The first-order valence-electron chi connectivity index (χ1n) is 11.7. The van der Waals surface area contributed by atoms with Crippen molar-refractivity contribution >= 4 is 23.2 Å². The maximum atomic E-state index is 5.51. The van der Waals surface area contributed by atoms with Crippen LogP contribution < -0.4 is 0 Å². The molecule has 34 heavy (non-hydrogen) atoms. The van der Waals surface area contributed by atoms with Crippen LogP contribution in [0.25, 0.3) is 11.4 Å². The third-order valence-corrected chi connectivity index (χ3v) is 7.31. The van der Waals surface area contributed by atoms with Crippen LogP contribution in [0.3, 0.4) is 0 Å². The van der Waals surface area contributed by atoms with Gasteiger partial charge in [0.25, 0.3) is 0 Å². The molecular formula is C28H31Cl2N3Pd. The zero-order valence-electron chi connectivity index (χ0n) is 20.1. The molecule has 0 fully saturated rings. The molecule has 0 atom stereocenters. The van der Waals surface area contributed by atoms with Gasteiger partial charge in [-0.15, -0.1) is 0 Å². The summed E-state index contributed by atoms with van der Waals surface area (Å²) in [7, 11) is 0. The van der Waals surface area contributed by atoms with Crippen LogP contribution in [0.5, 0.6) is 0 Å². The SMILES string of the molecule is CCc1cccc(CC)c1-n1ccn(-c2c(CC)cccc2CC)[c]1=[Pd].Clc1cccnc1Cl. The van der Waals surface area contributed by atoms with Crippen LogP contribution >= 0.6 is 23.2 Å². The van der Waals surface area contributed by atoms with E-state index in [1.807, 2.05) is 0 Å². The summed E-state index contributed by atoms with van der Waals surface area (Å²) in [6.45, 7) is 8.92. The van der Waals surface area contributed by atoms with Crippen molar-refractivity contribution < 1.29 is 18.7 Å². The molecule has 0 bridgehead atoms. The van der Waals surface area contributed by atoms with Gasteiger partial charge < -0.3 is 0 Å². The second kappa shape index (κ2) is 12.7. The van der Waals surface area contributed by atoms with E-state index >= 15 is 0 Å². The smallest absolute Gasteiger partial charge is 0.147 e. The number of rotatable bonds is 6. The largest absolute Gasteiger partial charge is 0.243 e. The summed E-state index contributed by atoms with van der Waals surface area (Å²) in [5.74, 6) is 0. The van der Waals surface area contributed by atoms with E-state index in [0.29, 0.717) is 10.2 Å². The van der Waals surface area contributed by atoms with Crippen LogP contribution in [-0.2, 0) is 44.4 Å².